The summed E-state index contributed by atoms with van der Waals surface area (Å²) >= 11 is 1.51. The Morgan fingerprint density at radius 2 is 1.93 bits per heavy atom. The first-order valence-corrected chi connectivity index (χ1v) is 10.6. The van der Waals surface area contributed by atoms with Crippen molar-refractivity contribution in [3.8, 4) is 0 Å². The number of benzene rings is 2. The van der Waals surface area contributed by atoms with E-state index in [1.807, 2.05) is 17.0 Å². The van der Waals surface area contributed by atoms with Gasteiger partial charge < -0.3 is 15.5 Å². The van der Waals surface area contributed by atoms with E-state index in [2.05, 4.69) is 10.6 Å². The topological polar surface area (TPSA) is 61.4 Å². The normalized spacial score (nSPS) is 18.4. The number of rotatable bonds is 5. The molecule has 7 heteroatoms. The first-order valence-electron chi connectivity index (χ1n) is 9.44. The summed E-state index contributed by atoms with van der Waals surface area (Å²) in [5, 5.41) is 6.13. The van der Waals surface area contributed by atoms with E-state index < -0.39 is 6.04 Å². The second-order valence-electron chi connectivity index (χ2n) is 7.05. The quantitative estimate of drug-likeness (QED) is 0.804. The molecule has 2 aliphatic rings. The molecule has 2 amide bonds. The monoisotopic (exact) mass is 399 g/mol. The van der Waals surface area contributed by atoms with Gasteiger partial charge in [0.15, 0.2) is 0 Å². The highest BCUT2D eigenvalue weighted by molar-refractivity contribution is 7.98. The van der Waals surface area contributed by atoms with Crippen molar-refractivity contribution in [2.24, 2.45) is 0 Å². The zero-order valence-corrected chi connectivity index (χ0v) is 16.2. The molecule has 28 heavy (non-hydrogen) atoms. The van der Waals surface area contributed by atoms with Crippen LogP contribution in [0.5, 0.6) is 0 Å². The van der Waals surface area contributed by atoms with Gasteiger partial charge in [-0.1, -0.05) is 18.2 Å². The highest BCUT2D eigenvalue weighted by atomic mass is 32.2. The number of halogens is 1. The van der Waals surface area contributed by atoms with Crippen LogP contribution < -0.4 is 10.6 Å². The Balaban J connectivity index is 1.39. The van der Waals surface area contributed by atoms with Gasteiger partial charge in [0.2, 0.25) is 5.91 Å². The summed E-state index contributed by atoms with van der Waals surface area (Å²) < 4.78 is 13.7. The Morgan fingerprint density at radius 1 is 1.14 bits per heavy atom. The third-order valence-electron chi connectivity index (χ3n) is 5.06. The maximum Gasteiger partial charge on any atom is 0.253 e. The van der Waals surface area contributed by atoms with Gasteiger partial charge in [-0.05, 0) is 42.7 Å². The van der Waals surface area contributed by atoms with Gasteiger partial charge in [0.25, 0.3) is 5.91 Å². The molecule has 0 radical (unpaired) electrons. The van der Waals surface area contributed by atoms with E-state index in [-0.39, 0.29) is 17.6 Å². The Morgan fingerprint density at radius 3 is 2.71 bits per heavy atom. The van der Waals surface area contributed by atoms with Crippen LogP contribution in [0.4, 0.5) is 15.8 Å². The maximum atomic E-state index is 13.7. The number of carbonyl (C=O) groups is 2. The predicted octanol–water partition coefficient (Wildman–Crippen LogP) is 3.73. The first-order chi connectivity index (χ1) is 13.6. The van der Waals surface area contributed by atoms with Gasteiger partial charge in [0.1, 0.15) is 11.9 Å². The molecule has 0 aliphatic carbocycles. The number of amides is 2. The lowest BCUT2D eigenvalue weighted by molar-refractivity contribution is -0.116. The van der Waals surface area contributed by atoms with E-state index in [1.165, 1.54) is 17.8 Å². The molecule has 2 aromatic carbocycles. The standard InChI is InChI=1S/C21H22FN3O2S/c22-16-6-2-1-5-15(16)12-28-13-19-20(26)24-18-11-14(7-8-17(18)23-19)21(27)25-9-3-4-10-25/h1-2,5-8,11,19,23H,3-4,9-10,12-13H2,(H,24,26). The molecule has 2 aliphatic heterocycles. The molecule has 1 saturated heterocycles. The van der Waals surface area contributed by atoms with Crippen molar-refractivity contribution in [2.75, 3.05) is 29.5 Å². The van der Waals surface area contributed by atoms with Crippen molar-refractivity contribution >= 4 is 35.0 Å². The smallest absolute Gasteiger partial charge is 0.253 e. The third-order valence-corrected chi connectivity index (χ3v) is 6.15. The fourth-order valence-electron chi connectivity index (χ4n) is 3.50. The maximum absolute atomic E-state index is 13.7. The minimum atomic E-state index is -0.399. The molecular weight excluding hydrogens is 377 g/mol. The van der Waals surface area contributed by atoms with Gasteiger partial charge in [0, 0.05) is 30.2 Å². The van der Waals surface area contributed by atoms with E-state index >= 15 is 0 Å². The van der Waals surface area contributed by atoms with Crippen molar-refractivity contribution in [3.63, 3.8) is 0 Å². The van der Waals surface area contributed by atoms with Crippen molar-refractivity contribution < 1.29 is 14.0 Å². The van der Waals surface area contributed by atoms with Crippen LogP contribution in [0.1, 0.15) is 28.8 Å². The molecule has 2 heterocycles. The van der Waals surface area contributed by atoms with E-state index in [0.717, 1.165) is 31.6 Å². The molecule has 5 nitrogen and oxygen atoms in total. The SMILES string of the molecule is O=C1Nc2cc(C(=O)N3CCCC3)ccc2NC1CSCc1ccccc1F. The van der Waals surface area contributed by atoms with Crippen molar-refractivity contribution in [3.05, 3.63) is 59.4 Å². The van der Waals surface area contributed by atoms with Crippen LogP contribution in [-0.2, 0) is 10.5 Å². The number of fused-ring (bicyclic) bond motifs is 1. The summed E-state index contributed by atoms with van der Waals surface area (Å²) in [6.07, 6.45) is 2.09. The minimum Gasteiger partial charge on any atom is -0.371 e. The Hall–Kier alpha value is -2.54. The molecule has 0 bridgehead atoms. The Kier molecular flexibility index (Phi) is 5.52. The van der Waals surface area contributed by atoms with Gasteiger partial charge in [-0.25, -0.2) is 4.39 Å². The van der Waals surface area contributed by atoms with Gasteiger partial charge in [-0.3, -0.25) is 9.59 Å². The molecule has 2 aromatic rings. The summed E-state index contributed by atoms with van der Waals surface area (Å²) in [6, 6.07) is 11.7. The molecule has 146 valence electrons. The second-order valence-corrected chi connectivity index (χ2v) is 8.08. The lowest BCUT2D eigenvalue weighted by Gasteiger charge is -2.27. The number of thioether (sulfide) groups is 1. The molecule has 1 atom stereocenters. The molecule has 0 spiro atoms. The lowest BCUT2D eigenvalue weighted by Crippen LogP contribution is -2.40. The van der Waals surface area contributed by atoms with Crippen LogP contribution >= 0.6 is 11.8 Å². The largest absolute Gasteiger partial charge is 0.371 e. The number of hydrogen-bond donors (Lipinski definition) is 2. The zero-order valence-electron chi connectivity index (χ0n) is 15.4. The summed E-state index contributed by atoms with van der Waals surface area (Å²) in [4.78, 5) is 26.8. The van der Waals surface area contributed by atoms with E-state index in [9.17, 15) is 14.0 Å². The number of hydrogen-bond acceptors (Lipinski definition) is 4. The molecule has 0 aromatic heterocycles. The summed E-state index contributed by atoms with van der Waals surface area (Å²) in [5.41, 5.74) is 2.66. The van der Waals surface area contributed by atoms with Crippen LogP contribution in [0.25, 0.3) is 0 Å². The molecule has 4 rings (SSSR count). The summed E-state index contributed by atoms with van der Waals surface area (Å²) in [7, 11) is 0. The van der Waals surface area contributed by atoms with Crippen LogP contribution in [0.15, 0.2) is 42.5 Å². The molecule has 0 saturated carbocycles. The van der Waals surface area contributed by atoms with Crippen LogP contribution in [0.2, 0.25) is 0 Å². The van der Waals surface area contributed by atoms with Crippen LogP contribution in [-0.4, -0.2) is 41.6 Å². The third kappa shape index (κ3) is 3.99. The fraction of sp³-hybridized carbons (Fsp3) is 0.333. The number of nitrogens with zero attached hydrogens (tertiary/aromatic N) is 1. The average Bonchev–Trinajstić information content (AvgIpc) is 3.23. The lowest BCUT2D eigenvalue weighted by atomic mass is 10.1. The first kappa shape index (κ1) is 18.8. The number of carbonyl (C=O) groups excluding carboxylic acids is 2. The van der Waals surface area contributed by atoms with E-state index in [4.69, 9.17) is 0 Å². The zero-order chi connectivity index (χ0) is 19.5. The van der Waals surface area contributed by atoms with Crippen molar-refractivity contribution in [1.82, 2.24) is 4.90 Å². The summed E-state index contributed by atoms with van der Waals surface area (Å²) in [6.45, 7) is 1.59. The average molecular weight is 399 g/mol. The molecule has 1 unspecified atom stereocenters. The summed E-state index contributed by atoms with van der Waals surface area (Å²) in [5.74, 6) is 0.676. The number of likely N-dealkylation sites (tertiary alicyclic amines) is 1. The molecular formula is C21H22FN3O2S. The van der Waals surface area contributed by atoms with Crippen molar-refractivity contribution in [2.45, 2.75) is 24.6 Å². The van der Waals surface area contributed by atoms with E-state index in [1.54, 1.807) is 24.3 Å². The molecule has 2 N–H and O–H groups in total. The predicted molar refractivity (Wildman–Crippen MR) is 110 cm³/mol. The fourth-order valence-corrected chi connectivity index (χ4v) is 4.54. The van der Waals surface area contributed by atoms with E-state index in [0.29, 0.717) is 28.3 Å². The molecule has 1 fully saturated rings. The van der Waals surface area contributed by atoms with Gasteiger partial charge in [-0.15, -0.1) is 0 Å². The Bertz CT molecular complexity index is 899. The second kappa shape index (κ2) is 8.22. The van der Waals surface area contributed by atoms with Crippen molar-refractivity contribution in [1.29, 1.82) is 0 Å². The van der Waals surface area contributed by atoms with Crippen LogP contribution in [0, 0.1) is 5.82 Å². The van der Waals surface area contributed by atoms with Gasteiger partial charge >= 0.3 is 0 Å². The Labute approximate surface area is 167 Å². The highest BCUT2D eigenvalue weighted by Gasteiger charge is 2.27. The number of anilines is 2. The number of nitrogens with one attached hydrogen (secondary N) is 2. The van der Waals surface area contributed by atoms with Gasteiger partial charge in [-0.2, -0.15) is 11.8 Å². The minimum absolute atomic E-state index is 0.0112. The van der Waals surface area contributed by atoms with Gasteiger partial charge in [0.05, 0.1) is 11.4 Å². The van der Waals surface area contributed by atoms with Crippen LogP contribution in [0.3, 0.4) is 0 Å². The highest BCUT2D eigenvalue weighted by Crippen LogP contribution is 2.30.